The molecule has 0 aliphatic heterocycles. The van der Waals surface area contributed by atoms with Crippen molar-refractivity contribution in [2.24, 2.45) is 5.73 Å². The maximum atomic E-state index is 11.5. The fraction of sp³-hybridized carbons (Fsp3) is 0.273. The molecule has 0 aliphatic rings. The summed E-state index contributed by atoms with van der Waals surface area (Å²) in [6, 6.07) is 9.28. The number of H-pyrrole nitrogens is 2. The average molecular weight is 234 g/mol. The van der Waals surface area contributed by atoms with Crippen molar-refractivity contribution < 1.29 is 0 Å². The van der Waals surface area contributed by atoms with E-state index in [1.807, 2.05) is 30.3 Å². The van der Waals surface area contributed by atoms with E-state index >= 15 is 0 Å². The second-order valence-corrected chi connectivity index (χ2v) is 3.81. The molecule has 4 N–H and O–H groups in total. The first-order chi connectivity index (χ1) is 8.22. The number of hydrogen-bond acceptors (Lipinski definition) is 3. The Hall–Kier alpha value is -2.08. The molecule has 0 saturated carbocycles. The van der Waals surface area contributed by atoms with Gasteiger partial charge >= 0.3 is 11.4 Å². The van der Waals surface area contributed by atoms with Crippen LogP contribution in [0.3, 0.4) is 0 Å². The lowest BCUT2D eigenvalue weighted by Crippen LogP contribution is -2.36. The molecule has 1 unspecified atom stereocenters. The van der Waals surface area contributed by atoms with Crippen molar-refractivity contribution >= 4 is 0 Å². The Morgan fingerprint density at radius 1 is 1.12 bits per heavy atom. The normalized spacial score (nSPS) is 12.5. The molecule has 6 nitrogen and oxygen atoms in total. The van der Waals surface area contributed by atoms with Crippen molar-refractivity contribution in [3.63, 3.8) is 0 Å². The number of aromatic nitrogens is 3. The molecule has 0 aliphatic carbocycles. The summed E-state index contributed by atoms with van der Waals surface area (Å²) in [5.74, 6) is 0. The Kier molecular flexibility index (Phi) is 3.24. The quantitative estimate of drug-likeness (QED) is 0.672. The summed E-state index contributed by atoms with van der Waals surface area (Å²) in [4.78, 5) is 22.9. The average Bonchev–Trinajstić information content (AvgIpc) is 2.68. The van der Waals surface area contributed by atoms with Gasteiger partial charge in [-0.05, 0) is 12.0 Å². The molecule has 0 saturated heterocycles. The highest BCUT2D eigenvalue weighted by molar-refractivity contribution is 5.15. The first kappa shape index (κ1) is 11.4. The van der Waals surface area contributed by atoms with Crippen molar-refractivity contribution in [1.29, 1.82) is 0 Å². The lowest BCUT2D eigenvalue weighted by molar-refractivity contribution is 0.482. The van der Waals surface area contributed by atoms with Crippen molar-refractivity contribution in [2.45, 2.75) is 12.5 Å². The van der Waals surface area contributed by atoms with E-state index in [1.165, 1.54) is 0 Å². The maximum absolute atomic E-state index is 11.5. The molecular formula is C11H14N4O2. The molecule has 0 amide bonds. The van der Waals surface area contributed by atoms with Gasteiger partial charge in [-0.25, -0.2) is 24.4 Å². The van der Waals surface area contributed by atoms with Crippen LogP contribution in [-0.2, 0) is 6.42 Å². The van der Waals surface area contributed by atoms with Crippen LogP contribution in [0.15, 0.2) is 39.9 Å². The van der Waals surface area contributed by atoms with E-state index in [9.17, 15) is 9.59 Å². The third kappa shape index (κ3) is 2.36. The molecule has 0 fully saturated rings. The lowest BCUT2D eigenvalue weighted by Gasteiger charge is -2.13. The molecule has 2 rings (SSSR count). The molecule has 17 heavy (non-hydrogen) atoms. The topological polar surface area (TPSA) is 96.7 Å². The van der Waals surface area contributed by atoms with E-state index in [1.54, 1.807) is 0 Å². The largest absolute Gasteiger partial charge is 0.344 e. The molecule has 90 valence electrons. The standard InChI is InChI=1S/C11H14N4O2/c12-7-9(6-8-4-2-1-3-5-8)15-10(16)13-14-11(15)17/h1-5,9H,6-7,12H2,(H,13,16)(H,14,17). The second-order valence-electron chi connectivity index (χ2n) is 3.81. The van der Waals surface area contributed by atoms with E-state index < -0.39 is 11.4 Å². The number of nitrogens with zero attached hydrogens (tertiary/aromatic N) is 1. The first-order valence-corrected chi connectivity index (χ1v) is 5.35. The van der Waals surface area contributed by atoms with Crippen molar-refractivity contribution in [3.05, 3.63) is 56.9 Å². The highest BCUT2D eigenvalue weighted by atomic mass is 16.2. The van der Waals surface area contributed by atoms with E-state index in [2.05, 4.69) is 10.2 Å². The van der Waals surface area contributed by atoms with Gasteiger partial charge in [0.15, 0.2) is 0 Å². The minimum absolute atomic E-state index is 0.232. The monoisotopic (exact) mass is 234 g/mol. The fourth-order valence-corrected chi connectivity index (χ4v) is 1.82. The first-order valence-electron chi connectivity index (χ1n) is 5.35. The summed E-state index contributed by atoms with van der Waals surface area (Å²) < 4.78 is 1.12. The molecule has 2 aromatic rings. The summed E-state index contributed by atoms with van der Waals surface area (Å²) in [7, 11) is 0. The van der Waals surface area contributed by atoms with Crippen LogP contribution in [0, 0.1) is 0 Å². The Morgan fingerprint density at radius 2 is 1.71 bits per heavy atom. The SMILES string of the molecule is NCC(Cc1ccccc1)n1c(=O)[nH][nH]c1=O. The molecule has 1 aromatic carbocycles. The van der Waals surface area contributed by atoms with E-state index in [0.29, 0.717) is 6.42 Å². The predicted molar refractivity (Wildman–Crippen MR) is 63.9 cm³/mol. The van der Waals surface area contributed by atoms with Gasteiger partial charge in [0.1, 0.15) is 0 Å². The fourth-order valence-electron chi connectivity index (χ4n) is 1.82. The van der Waals surface area contributed by atoms with Crippen molar-refractivity contribution in [2.75, 3.05) is 6.54 Å². The van der Waals surface area contributed by atoms with Gasteiger partial charge in [-0.2, -0.15) is 0 Å². The zero-order valence-electron chi connectivity index (χ0n) is 9.22. The summed E-state index contributed by atoms with van der Waals surface area (Å²) in [5.41, 5.74) is 5.75. The Labute approximate surface area is 97.1 Å². The smallest absolute Gasteiger partial charge is 0.328 e. The van der Waals surface area contributed by atoms with Gasteiger partial charge in [0, 0.05) is 6.54 Å². The van der Waals surface area contributed by atoms with E-state index in [0.717, 1.165) is 10.1 Å². The predicted octanol–water partition coefficient (Wildman–Crippen LogP) is -0.393. The number of hydrogen-bond donors (Lipinski definition) is 3. The molecule has 0 radical (unpaired) electrons. The minimum Gasteiger partial charge on any atom is -0.328 e. The third-order valence-corrected chi connectivity index (χ3v) is 2.67. The Bertz CT molecular complexity index is 554. The third-order valence-electron chi connectivity index (χ3n) is 2.67. The van der Waals surface area contributed by atoms with Crippen LogP contribution in [-0.4, -0.2) is 21.3 Å². The number of aromatic amines is 2. The Balaban J connectivity index is 2.30. The van der Waals surface area contributed by atoms with Crippen LogP contribution < -0.4 is 17.1 Å². The van der Waals surface area contributed by atoms with E-state index in [-0.39, 0.29) is 12.6 Å². The van der Waals surface area contributed by atoms with Crippen LogP contribution in [0.4, 0.5) is 0 Å². The molecule has 1 aromatic heterocycles. The van der Waals surface area contributed by atoms with Crippen molar-refractivity contribution in [1.82, 2.24) is 14.8 Å². The summed E-state index contributed by atoms with van der Waals surface area (Å²) in [6.45, 7) is 0.232. The molecule has 6 heteroatoms. The van der Waals surface area contributed by atoms with Crippen LogP contribution >= 0.6 is 0 Å². The molecule has 1 heterocycles. The number of nitrogens with two attached hydrogens (primary N) is 1. The summed E-state index contributed by atoms with van der Waals surface area (Å²) in [6.07, 6.45) is 0.554. The number of nitrogens with one attached hydrogen (secondary N) is 2. The van der Waals surface area contributed by atoms with Gasteiger partial charge < -0.3 is 5.73 Å². The minimum atomic E-state index is -0.457. The zero-order valence-corrected chi connectivity index (χ0v) is 9.22. The van der Waals surface area contributed by atoms with Crippen LogP contribution in [0.2, 0.25) is 0 Å². The molecule has 0 bridgehead atoms. The van der Waals surface area contributed by atoms with Gasteiger partial charge in [0.2, 0.25) is 0 Å². The van der Waals surface area contributed by atoms with Gasteiger partial charge in [-0.15, -0.1) is 0 Å². The van der Waals surface area contributed by atoms with Crippen molar-refractivity contribution in [3.8, 4) is 0 Å². The van der Waals surface area contributed by atoms with Gasteiger partial charge in [-0.1, -0.05) is 30.3 Å². The highest BCUT2D eigenvalue weighted by Crippen LogP contribution is 2.09. The van der Waals surface area contributed by atoms with Crippen LogP contribution in [0.25, 0.3) is 0 Å². The lowest BCUT2D eigenvalue weighted by atomic mass is 10.1. The molecule has 1 atom stereocenters. The summed E-state index contributed by atoms with van der Waals surface area (Å²) in [5, 5.41) is 4.50. The maximum Gasteiger partial charge on any atom is 0.344 e. The number of rotatable bonds is 4. The van der Waals surface area contributed by atoms with Crippen LogP contribution in [0.1, 0.15) is 11.6 Å². The highest BCUT2D eigenvalue weighted by Gasteiger charge is 2.15. The molecular weight excluding hydrogens is 220 g/mol. The van der Waals surface area contributed by atoms with Gasteiger partial charge in [0.25, 0.3) is 0 Å². The van der Waals surface area contributed by atoms with E-state index in [4.69, 9.17) is 5.73 Å². The van der Waals surface area contributed by atoms with Gasteiger partial charge in [0.05, 0.1) is 6.04 Å². The number of benzene rings is 1. The molecule has 0 spiro atoms. The second kappa shape index (κ2) is 4.84. The Morgan fingerprint density at radius 3 is 2.24 bits per heavy atom. The van der Waals surface area contributed by atoms with Gasteiger partial charge in [-0.3, -0.25) is 0 Å². The summed E-state index contributed by atoms with van der Waals surface area (Å²) >= 11 is 0. The van der Waals surface area contributed by atoms with Crippen LogP contribution in [0.5, 0.6) is 0 Å². The zero-order chi connectivity index (χ0) is 12.3.